The normalized spacial score (nSPS) is 12.1. The molecule has 0 aromatic heterocycles. The van der Waals surface area contributed by atoms with Gasteiger partial charge < -0.3 is 16.2 Å². The van der Waals surface area contributed by atoms with Gasteiger partial charge in [0.25, 0.3) is 0 Å². The highest BCUT2D eigenvalue weighted by molar-refractivity contribution is 5.81. The van der Waals surface area contributed by atoms with Gasteiger partial charge in [-0.3, -0.25) is 0 Å². The number of carbonyl (C=O) groups is 2. The molecule has 70 valence electrons. The van der Waals surface area contributed by atoms with E-state index in [1.807, 2.05) is 6.92 Å². The first kappa shape index (κ1) is 10.7. The Labute approximate surface area is 70.9 Å². The fraction of sp³-hybridized carbons (Fsp3) is 0.714. The van der Waals surface area contributed by atoms with Crippen LogP contribution in [0.1, 0.15) is 26.2 Å². The van der Waals surface area contributed by atoms with Gasteiger partial charge in [-0.05, 0) is 6.42 Å². The third-order valence-corrected chi connectivity index (χ3v) is 1.46. The molecule has 0 radical (unpaired) electrons. The molecule has 1 atom stereocenters. The van der Waals surface area contributed by atoms with Crippen LogP contribution >= 0.6 is 0 Å². The number of carboxylic acids is 1. The van der Waals surface area contributed by atoms with Gasteiger partial charge in [0, 0.05) is 0 Å². The lowest BCUT2D eigenvalue weighted by Crippen LogP contribution is -2.43. The quantitative estimate of drug-likeness (QED) is 0.559. The van der Waals surface area contributed by atoms with Crippen LogP contribution in [0.5, 0.6) is 0 Å². The summed E-state index contributed by atoms with van der Waals surface area (Å²) in [6.07, 6.45) is 2.08. The van der Waals surface area contributed by atoms with Crippen LogP contribution in [0.25, 0.3) is 0 Å². The molecular formula is C7H14N2O3. The summed E-state index contributed by atoms with van der Waals surface area (Å²) < 4.78 is 0. The topological polar surface area (TPSA) is 92.4 Å². The highest BCUT2D eigenvalue weighted by atomic mass is 16.4. The minimum atomic E-state index is -1.04. The molecule has 0 aliphatic carbocycles. The van der Waals surface area contributed by atoms with Crippen LogP contribution in [0, 0.1) is 0 Å². The molecule has 0 bridgehead atoms. The molecular weight excluding hydrogens is 160 g/mol. The molecule has 12 heavy (non-hydrogen) atoms. The van der Waals surface area contributed by atoms with Gasteiger partial charge in [0.1, 0.15) is 6.04 Å². The lowest BCUT2D eigenvalue weighted by atomic mass is 10.1. The number of aliphatic carboxylic acids is 1. The summed E-state index contributed by atoms with van der Waals surface area (Å²) in [5.74, 6) is -1.04. The van der Waals surface area contributed by atoms with E-state index in [-0.39, 0.29) is 0 Å². The number of nitrogens with two attached hydrogens (primary N) is 1. The lowest BCUT2D eigenvalue weighted by molar-refractivity contribution is -0.139. The van der Waals surface area contributed by atoms with E-state index in [1.54, 1.807) is 0 Å². The molecule has 1 unspecified atom stereocenters. The zero-order valence-electron chi connectivity index (χ0n) is 7.04. The monoisotopic (exact) mass is 174 g/mol. The number of primary amides is 1. The first-order chi connectivity index (χ1) is 5.57. The Morgan fingerprint density at radius 1 is 1.58 bits per heavy atom. The summed E-state index contributed by atoms with van der Waals surface area (Å²) >= 11 is 0. The van der Waals surface area contributed by atoms with Crippen molar-refractivity contribution in [2.45, 2.75) is 32.2 Å². The van der Waals surface area contributed by atoms with Crippen molar-refractivity contribution in [1.29, 1.82) is 0 Å². The van der Waals surface area contributed by atoms with Crippen LogP contribution in [0.4, 0.5) is 4.79 Å². The van der Waals surface area contributed by atoms with E-state index in [0.29, 0.717) is 6.42 Å². The van der Waals surface area contributed by atoms with E-state index in [2.05, 4.69) is 5.32 Å². The van der Waals surface area contributed by atoms with Gasteiger partial charge >= 0.3 is 12.0 Å². The number of carboxylic acid groups (broad SMARTS) is 1. The number of nitrogens with one attached hydrogen (secondary N) is 1. The van der Waals surface area contributed by atoms with Crippen molar-refractivity contribution in [3.05, 3.63) is 0 Å². The van der Waals surface area contributed by atoms with Gasteiger partial charge in [0.15, 0.2) is 0 Å². The zero-order chi connectivity index (χ0) is 9.56. The maximum atomic E-state index is 10.5. The first-order valence-electron chi connectivity index (χ1n) is 3.86. The Balaban J connectivity index is 3.87. The molecule has 0 saturated heterocycles. The van der Waals surface area contributed by atoms with Gasteiger partial charge in [0.05, 0.1) is 0 Å². The van der Waals surface area contributed by atoms with Gasteiger partial charge in [-0.25, -0.2) is 9.59 Å². The Morgan fingerprint density at radius 3 is 2.50 bits per heavy atom. The fourth-order valence-electron chi connectivity index (χ4n) is 0.837. The summed E-state index contributed by atoms with van der Waals surface area (Å²) in [5, 5.41) is 10.7. The highest BCUT2D eigenvalue weighted by Crippen LogP contribution is 2.00. The number of carbonyl (C=O) groups excluding carboxylic acids is 1. The van der Waals surface area contributed by atoms with Crippen molar-refractivity contribution in [3.8, 4) is 0 Å². The predicted molar refractivity (Wildman–Crippen MR) is 43.7 cm³/mol. The Morgan fingerprint density at radius 2 is 2.17 bits per heavy atom. The van der Waals surface area contributed by atoms with E-state index in [9.17, 15) is 9.59 Å². The Kier molecular flexibility index (Phi) is 4.83. The predicted octanol–water partition coefficient (Wildman–Crippen LogP) is 0.298. The van der Waals surface area contributed by atoms with Crippen LogP contribution in [-0.4, -0.2) is 23.1 Å². The van der Waals surface area contributed by atoms with E-state index in [4.69, 9.17) is 10.8 Å². The van der Waals surface area contributed by atoms with Crippen molar-refractivity contribution >= 4 is 12.0 Å². The molecule has 0 aromatic rings. The smallest absolute Gasteiger partial charge is 0.326 e. The molecule has 0 aliphatic rings. The molecule has 0 saturated carbocycles. The van der Waals surface area contributed by atoms with Crippen LogP contribution in [-0.2, 0) is 4.79 Å². The number of amides is 2. The van der Waals surface area contributed by atoms with Crippen molar-refractivity contribution in [3.63, 3.8) is 0 Å². The molecule has 0 fully saturated rings. The largest absolute Gasteiger partial charge is 0.480 e. The maximum absolute atomic E-state index is 10.5. The van der Waals surface area contributed by atoms with Gasteiger partial charge in [-0.15, -0.1) is 0 Å². The van der Waals surface area contributed by atoms with Crippen molar-refractivity contribution < 1.29 is 14.7 Å². The molecule has 5 heteroatoms. The molecule has 4 N–H and O–H groups in total. The number of hydrogen-bond donors (Lipinski definition) is 3. The van der Waals surface area contributed by atoms with E-state index in [1.165, 1.54) is 0 Å². The molecule has 0 aromatic carbocycles. The zero-order valence-corrected chi connectivity index (χ0v) is 7.04. The Bertz CT molecular complexity index is 170. The highest BCUT2D eigenvalue weighted by Gasteiger charge is 2.17. The first-order valence-corrected chi connectivity index (χ1v) is 3.86. The Hall–Kier alpha value is -1.26. The molecule has 0 rings (SSSR count). The number of hydrogen-bond acceptors (Lipinski definition) is 2. The third kappa shape index (κ3) is 4.54. The van der Waals surface area contributed by atoms with E-state index < -0.39 is 18.0 Å². The standard InChI is InChI=1S/C7H14N2O3/c1-2-3-4-5(6(10)11)9-7(8)12/h5H,2-4H2,1H3,(H,10,11)(H3,8,9,12). The molecule has 5 nitrogen and oxygen atoms in total. The van der Waals surface area contributed by atoms with Gasteiger partial charge in [0.2, 0.25) is 0 Å². The molecule has 0 heterocycles. The minimum absolute atomic E-state index is 0.425. The fourth-order valence-corrected chi connectivity index (χ4v) is 0.837. The van der Waals surface area contributed by atoms with Crippen LogP contribution in [0.2, 0.25) is 0 Å². The van der Waals surface area contributed by atoms with Crippen molar-refractivity contribution in [1.82, 2.24) is 5.32 Å². The summed E-state index contributed by atoms with van der Waals surface area (Å²) in [5.41, 5.74) is 4.79. The second-order valence-corrected chi connectivity index (χ2v) is 2.54. The minimum Gasteiger partial charge on any atom is -0.480 e. The van der Waals surface area contributed by atoms with Crippen molar-refractivity contribution in [2.24, 2.45) is 5.73 Å². The second kappa shape index (κ2) is 5.40. The van der Waals surface area contributed by atoms with E-state index >= 15 is 0 Å². The SMILES string of the molecule is CCCCC(NC(N)=O)C(=O)O. The van der Waals surface area contributed by atoms with Crippen molar-refractivity contribution in [2.75, 3.05) is 0 Å². The number of unbranched alkanes of at least 4 members (excludes halogenated alkanes) is 1. The summed E-state index contributed by atoms with van der Waals surface area (Å²) in [7, 11) is 0. The van der Waals surface area contributed by atoms with Crippen LogP contribution < -0.4 is 11.1 Å². The average Bonchev–Trinajstić information content (AvgIpc) is 1.96. The molecule has 0 aliphatic heterocycles. The summed E-state index contributed by atoms with van der Waals surface area (Å²) in [6.45, 7) is 1.95. The number of urea groups is 1. The summed E-state index contributed by atoms with van der Waals surface area (Å²) in [4.78, 5) is 20.8. The average molecular weight is 174 g/mol. The second-order valence-electron chi connectivity index (χ2n) is 2.54. The third-order valence-electron chi connectivity index (χ3n) is 1.46. The summed E-state index contributed by atoms with van der Waals surface area (Å²) in [6, 6.07) is -1.64. The molecule has 0 spiro atoms. The molecule has 2 amide bonds. The van der Waals surface area contributed by atoms with Crippen LogP contribution in [0.3, 0.4) is 0 Å². The van der Waals surface area contributed by atoms with E-state index in [0.717, 1.165) is 12.8 Å². The van der Waals surface area contributed by atoms with Gasteiger partial charge in [-0.2, -0.15) is 0 Å². The maximum Gasteiger partial charge on any atom is 0.326 e. The van der Waals surface area contributed by atoms with Crippen LogP contribution in [0.15, 0.2) is 0 Å². The lowest BCUT2D eigenvalue weighted by Gasteiger charge is -2.11. The number of rotatable bonds is 5. The van der Waals surface area contributed by atoms with Gasteiger partial charge in [-0.1, -0.05) is 19.8 Å².